The molecule has 0 amide bonds. The maximum absolute atomic E-state index is 13.0. The smallest absolute Gasteiger partial charge is 0.280 e. The number of aliphatic hydroxyl groups excluding tert-OH is 1. The fourth-order valence-electron chi connectivity index (χ4n) is 4.85. The lowest BCUT2D eigenvalue weighted by molar-refractivity contribution is -0.127. The number of aromatic nitrogens is 4. The Hall–Kier alpha value is -3.25. The Bertz CT molecular complexity index is 1460. The van der Waals surface area contributed by atoms with Crippen LogP contribution in [0, 0.1) is 11.8 Å². The molecule has 1 aromatic carbocycles. The number of carbonyl (C=O) groups is 2. The highest BCUT2D eigenvalue weighted by molar-refractivity contribution is 6.33. The SMILES string of the molecule is COCCCc1nc(C(F)F)ccc1C(O)=C1C(=O)C2CCC(C2)C1=O.Clc1nc(Cl)nc(Nc2ccccc2Cl)n1. The molecule has 222 valence electrons. The van der Waals surface area contributed by atoms with Gasteiger partial charge in [-0.25, -0.2) is 8.78 Å². The summed E-state index contributed by atoms with van der Waals surface area (Å²) in [6.07, 6.45) is -0.105. The van der Waals surface area contributed by atoms with Crippen LogP contribution >= 0.6 is 34.8 Å². The summed E-state index contributed by atoms with van der Waals surface area (Å²) in [6, 6.07) is 9.61. The molecule has 2 aliphatic rings. The third kappa shape index (κ3) is 7.57. The molecule has 0 aliphatic heterocycles. The molecule has 9 nitrogen and oxygen atoms in total. The van der Waals surface area contributed by atoms with Crippen LogP contribution in [-0.4, -0.2) is 50.3 Å². The summed E-state index contributed by atoms with van der Waals surface area (Å²) in [5.41, 5.74) is 0.484. The van der Waals surface area contributed by atoms with Gasteiger partial charge in [0, 0.05) is 31.1 Å². The van der Waals surface area contributed by atoms with Crippen LogP contribution in [0.5, 0.6) is 0 Å². The number of hydrogen-bond acceptors (Lipinski definition) is 9. The van der Waals surface area contributed by atoms with E-state index in [1.165, 1.54) is 13.2 Å². The van der Waals surface area contributed by atoms with Crippen LogP contribution in [0.25, 0.3) is 5.76 Å². The van der Waals surface area contributed by atoms with E-state index in [1.807, 2.05) is 12.1 Å². The van der Waals surface area contributed by atoms with Crippen molar-refractivity contribution in [2.75, 3.05) is 19.0 Å². The number of anilines is 2. The Morgan fingerprint density at radius 1 is 1.00 bits per heavy atom. The number of carbonyl (C=O) groups excluding carboxylic acids is 2. The molecule has 2 fully saturated rings. The van der Waals surface area contributed by atoms with E-state index < -0.39 is 17.9 Å². The minimum atomic E-state index is -2.74. The molecule has 0 spiro atoms. The number of ketones is 2. The molecule has 2 aliphatic carbocycles. The number of halogens is 5. The second kappa shape index (κ2) is 14.3. The molecule has 2 unspecified atom stereocenters. The first-order valence-electron chi connectivity index (χ1n) is 13.0. The van der Waals surface area contributed by atoms with E-state index >= 15 is 0 Å². The minimum absolute atomic E-state index is 0.0227. The number of aryl methyl sites for hydroxylation is 1. The van der Waals surface area contributed by atoms with Gasteiger partial charge in [0.15, 0.2) is 11.6 Å². The lowest BCUT2D eigenvalue weighted by Gasteiger charge is -2.21. The van der Waals surface area contributed by atoms with E-state index in [1.54, 1.807) is 12.1 Å². The summed E-state index contributed by atoms with van der Waals surface area (Å²) < 4.78 is 30.9. The molecule has 2 N–H and O–H groups in total. The van der Waals surface area contributed by atoms with Crippen LogP contribution < -0.4 is 5.32 Å². The van der Waals surface area contributed by atoms with Gasteiger partial charge in [0.1, 0.15) is 17.0 Å². The molecule has 42 heavy (non-hydrogen) atoms. The number of ether oxygens (including phenoxy) is 1. The van der Waals surface area contributed by atoms with Crippen LogP contribution in [0.4, 0.5) is 20.4 Å². The number of Topliss-reactive ketones (excluding diaryl/α,β-unsaturated/α-hetero) is 2. The van der Waals surface area contributed by atoms with Gasteiger partial charge in [-0.1, -0.05) is 23.7 Å². The Morgan fingerprint density at radius 3 is 2.24 bits per heavy atom. The van der Waals surface area contributed by atoms with Crippen LogP contribution in [0.1, 0.15) is 49.1 Å². The molecular weight excluding hydrogens is 615 g/mol. The Kier molecular flexibility index (Phi) is 10.8. The highest BCUT2D eigenvalue weighted by atomic mass is 35.5. The molecule has 2 bridgehead atoms. The van der Waals surface area contributed by atoms with Crippen molar-refractivity contribution in [3.8, 4) is 0 Å². The van der Waals surface area contributed by atoms with Crippen molar-refractivity contribution in [1.29, 1.82) is 0 Å². The summed E-state index contributed by atoms with van der Waals surface area (Å²) >= 11 is 17.2. The van der Waals surface area contributed by atoms with E-state index in [4.69, 9.17) is 39.5 Å². The van der Waals surface area contributed by atoms with E-state index in [9.17, 15) is 23.5 Å². The average molecular weight is 641 g/mol. The van der Waals surface area contributed by atoms with Crippen LogP contribution in [0.2, 0.25) is 15.6 Å². The maximum atomic E-state index is 13.0. The van der Waals surface area contributed by atoms with E-state index in [-0.39, 0.29) is 63.2 Å². The number of allylic oxidation sites excluding steroid dienone is 1. The zero-order valence-corrected chi connectivity index (χ0v) is 24.6. The van der Waals surface area contributed by atoms with E-state index in [0.717, 1.165) is 6.07 Å². The molecular formula is C28H26Cl3F2N5O4. The van der Waals surface area contributed by atoms with E-state index in [2.05, 4.69) is 25.3 Å². The van der Waals surface area contributed by atoms with Gasteiger partial charge in [-0.3, -0.25) is 14.6 Å². The summed E-state index contributed by atoms with van der Waals surface area (Å²) in [5.74, 6) is -1.35. The third-order valence-electron chi connectivity index (χ3n) is 6.84. The Labute approximate surface area is 255 Å². The standard InChI is InChI=1S/C19H21F2NO4.C9H5Cl3N4/c1-26-8-2-3-13-12(6-7-14(22-13)19(20)21)18(25)15-16(23)10-4-5-11(9-10)17(15)24;10-5-3-1-2-4-6(5)13-9-15-7(11)14-8(12)16-9/h6-7,10-11,19,25H,2-5,8-9H2,1H3;1-4H,(H,13,14,15,16). The zero-order chi connectivity index (χ0) is 30.4. The molecule has 3 aromatic rings. The van der Waals surface area contributed by atoms with Crippen molar-refractivity contribution >= 4 is 63.8 Å². The minimum Gasteiger partial charge on any atom is -0.506 e. The van der Waals surface area contributed by atoms with Crippen molar-refractivity contribution in [2.45, 2.75) is 38.5 Å². The van der Waals surface area contributed by atoms with Crippen LogP contribution in [-0.2, 0) is 20.7 Å². The summed E-state index contributed by atoms with van der Waals surface area (Å²) in [5, 5.41) is 14.2. The number of pyridine rings is 1. The van der Waals surface area contributed by atoms with Gasteiger partial charge in [0.2, 0.25) is 16.5 Å². The van der Waals surface area contributed by atoms with Crippen molar-refractivity contribution in [2.24, 2.45) is 11.8 Å². The van der Waals surface area contributed by atoms with Crippen molar-refractivity contribution in [1.82, 2.24) is 19.9 Å². The number of fused-ring (bicyclic) bond motifs is 2. The molecule has 0 saturated heterocycles. The summed E-state index contributed by atoms with van der Waals surface area (Å²) in [7, 11) is 1.53. The quantitative estimate of drug-likeness (QED) is 0.116. The number of methoxy groups -OCH3 is 1. The molecule has 5 rings (SSSR count). The fraction of sp³-hybridized carbons (Fsp3) is 0.357. The van der Waals surface area contributed by atoms with Crippen molar-refractivity contribution in [3.63, 3.8) is 0 Å². The number of aliphatic hydroxyl groups is 1. The largest absolute Gasteiger partial charge is 0.506 e. The lowest BCUT2D eigenvalue weighted by Crippen LogP contribution is -2.30. The second-order valence-electron chi connectivity index (χ2n) is 9.59. The predicted octanol–water partition coefficient (Wildman–Crippen LogP) is 7.01. The van der Waals surface area contributed by atoms with Gasteiger partial charge in [0.25, 0.3) is 6.43 Å². The number of rotatable bonds is 8. The molecule has 14 heteroatoms. The third-order valence-corrected chi connectivity index (χ3v) is 7.51. The number of benzene rings is 1. The molecule has 2 heterocycles. The normalized spacial score (nSPS) is 17.7. The van der Waals surface area contributed by atoms with Crippen LogP contribution in [0.15, 0.2) is 42.0 Å². The Morgan fingerprint density at radius 2 is 1.64 bits per heavy atom. The van der Waals surface area contributed by atoms with Gasteiger partial charge in [-0.05, 0) is 79.6 Å². The number of nitrogens with one attached hydrogen (secondary N) is 1. The lowest BCUT2D eigenvalue weighted by atomic mass is 9.81. The second-order valence-corrected chi connectivity index (χ2v) is 10.7. The maximum Gasteiger partial charge on any atom is 0.280 e. The molecule has 2 aromatic heterocycles. The Balaban J connectivity index is 0.000000216. The van der Waals surface area contributed by atoms with Gasteiger partial charge in [0.05, 0.1) is 16.4 Å². The first kappa shape index (κ1) is 31.7. The number of hydrogen-bond donors (Lipinski definition) is 2. The van der Waals surface area contributed by atoms with Gasteiger partial charge >= 0.3 is 0 Å². The van der Waals surface area contributed by atoms with Crippen molar-refractivity contribution in [3.05, 3.63) is 74.5 Å². The zero-order valence-electron chi connectivity index (χ0n) is 22.3. The van der Waals surface area contributed by atoms with Crippen molar-refractivity contribution < 1.29 is 28.2 Å². The van der Waals surface area contributed by atoms with E-state index in [0.29, 0.717) is 43.0 Å². The number of para-hydroxylation sites is 1. The number of alkyl halides is 2. The number of nitrogens with zero attached hydrogens (tertiary/aromatic N) is 4. The molecule has 2 saturated carbocycles. The molecule has 0 radical (unpaired) electrons. The topological polar surface area (TPSA) is 127 Å². The summed E-state index contributed by atoms with van der Waals surface area (Å²) in [6.45, 7) is 0.402. The first-order valence-corrected chi connectivity index (χ1v) is 14.1. The summed E-state index contributed by atoms with van der Waals surface area (Å²) in [4.78, 5) is 40.4. The average Bonchev–Trinajstić information content (AvgIpc) is 3.40. The highest BCUT2D eigenvalue weighted by Gasteiger charge is 2.45. The van der Waals surface area contributed by atoms with Crippen LogP contribution in [0.3, 0.4) is 0 Å². The fourth-order valence-corrected chi connectivity index (χ4v) is 5.40. The first-order chi connectivity index (χ1) is 20.1. The highest BCUT2D eigenvalue weighted by Crippen LogP contribution is 2.42. The van der Waals surface area contributed by atoms with Gasteiger partial charge in [-0.2, -0.15) is 15.0 Å². The molecule has 2 atom stereocenters. The van der Waals surface area contributed by atoms with Gasteiger partial charge in [-0.15, -0.1) is 0 Å². The van der Waals surface area contributed by atoms with Gasteiger partial charge < -0.3 is 15.2 Å². The predicted molar refractivity (Wildman–Crippen MR) is 154 cm³/mol. The monoisotopic (exact) mass is 639 g/mol.